The number of carbonyl (C=O) groups is 2. The second kappa shape index (κ2) is 12.9. The van der Waals surface area contributed by atoms with Crippen LogP contribution in [0.2, 0.25) is 0 Å². The number of methoxy groups -OCH3 is 3. The predicted molar refractivity (Wildman–Crippen MR) is 121 cm³/mol. The molecule has 32 heavy (non-hydrogen) atoms. The van der Waals surface area contributed by atoms with Gasteiger partial charge < -0.3 is 14.2 Å². The Bertz CT molecular complexity index is 752. The Kier molecular flexibility index (Phi) is 11.3. The van der Waals surface area contributed by atoms with Crippen molar-refractivity contribution in [3.05, 3.63) is 23.8 Å². The maximum Gasteiger partial charge on any atom is 0.360 e. The molecule has 0 amide bonds. The van der Waals surface area contributed by atoms with Gasteiger partial charge in [0.15, 0.2) is 19.4 Å². The summed E-state index contributed by atoms with van der Waals surface area (Å²) in [4.78, 5) is 36.2. The van der Waals surface area contributed by atoms with Crippen LogP contribution in [0, 0.1) is 11.3 Å². The quantitative estimate of drug-likeness (QED) is 0.125. The van der Waals surface area contributed by atoms with E-state index >= 15 is 0 Å². The van der Waals surface area contributed by atoms with E-state index < -0.39 is 25.4 Å². The molecule has 2 unspecified atom stereocenters. The fourth-order valence-corrected chi connectivity index (χ4v) is 4.50. The van der Waals surface area contributed by atoms with E-state index in [4.69, 9.17) is 24.0 Å². The van der Waals surface area contributed by atoms with Crippen molar-refractivity contribution in [2.24, 2.45) is 11.3 Å². The maximum atomic E-state index is 13.4. The first-order valence-electron chi connectivity index (χ1n) is 10.4. The van der Waals surface area contributed by atoms with Gasteiger partial charge in [0.25, 0.3) is 0 Å². The van der Waals surface area contributed by atoms with Crippen LogP contribution in [0.3, 0.4) is 0 Å². The summed E-state index contributed by atoms with van der Waals surface area (Å²) in [5, 5.41) is -1.62. The van der Waals surface area contributed by atoms with Crippen LogP contribution in [0.5, 0.6) is 11.5 Å². The summed E-state index contributed by atoms with van der Waals surface area (Å²) < 4.78 is 27.9. The molecule has 2 atom stereocenters. The topological polar surface area (TPSA) is 97.4 Å². The zero-order valence-corrected chi connectivity index (χ0v) is 21.0. The van der Waals surface area contributed by atoms with Gasteiger partial charge in [0.2, 0.25) is 0 Å². The predicted octanol–water partition coefficient (Wildman–Crippen LogP) is 4.89. The number of rotatable bonds is 14. The molecule has 1 aromatic rings. The fourth-order valence-electron chi connectivity index (χ4n) is 3.80. The Morgan fingerprint density at radius 2 is 1.59 bits per heavy atom. The molecule has 0 heterocycles. The van der Waals surface area contributed by atoms with E-state index in [2.05, 4.69) is 20.8 Å². The molecule has 0 saturated carbocycles. The lowest BCUT2D eigenvalue weighted by Gasteiger charge is -2.30. The second-order valence-electron chi connectivity index (χ2n) is 9.02. The number of benzene rings is 1. The number of hydrogen-bond acceptors (Lipinski definition) is 8. The van der Waals surface area contributed by atoms with Crippen molar-refractivity contribution in [3.63, 3.8) is 0 Å². The van der Waals surface area contributed by atoms with Crippen molar-refractivity contribution in [3.8, 4) is 11.5 Å². The minimum atomic E-state index is -1.62. The van der Waals surface area contributed by atoms with Crippen molar-refractivity contribution in [2.75, 3.05) is 34.5 Å². The molecule has 0 aliphatic heterocycles. The fraction of sp³-hybridized carbons (Fsp3) is 0.652. The summed E-state index contributed by atoms with van der Waals surface area (Å²) in [6.45, 7) is 8.43. The molecular formula is C23H35O8P. The highest BCUT2D eigenvalue weighted by Gasteiger charge is 2.46. The van der Waals surface area contributed by atoms with Crippen LogP contribution in [0.1, 0.15) is 57.3 Å². The summed E-state index contributed by atoms with van der Waals surface area (Å²) in [7, 11) is 3.83. The average molecular weight is 470 g/mol. The normalized spacial score (nSPS) is 14.5. The Labute approximate surface area is 192 Å². The van der Waals surface area contributed by atoms with E-state index in [0.717, 1.165) is 6.42 Å². The second-order valence-corrected chi connectivity index (χ2v) is 10.1. The van der Waals surface area contributed by atoms with Crippen LogP contribution in [0.25, 0.3) is 0 Å². The van der Waals surface area contributed by atoms with Gasteiger partial charge in [0.05, 0.1) is 20.8 Å². The van der Waals surface area contributed by atoms with Crippen LogP contribution < -0.4 is 9.47 Å². The van der Waals surface area contributed by atoms with Gasteiger partial charge in [-0.3, -0.25) is 14.2 Å². The zero-order valence-electron chi connectivity index (χ0n) is 20.1. The van der Waals surface area contributed by atoms with Crippen molar-refractivity contribution in [1.29, 1.82) is 0 Å². The summed E-state index contributed by atoms with van der Waals surface area (Å²) in [5.41, 5.74) is 0.168. The third-order valence-corrected chi connectivity index (χ3v) is 5.74. The Balaban J connectivity index is 3.28. The van der Waals surface area contributed by atoms with Crippen LogP contribution in [0.15, 0.2) is 18.2 Å². The molecule has 0 spiro atoms. The van der Waals surface area contributed by atoms with Gasteiger partial charge in [-0.2, -0.15) is 4.89 Å². The number of ether oxygens (including phenoxy) is 3. The first-order valence-corrected chi connectivity index (χ1v) is 11.3. The largest absolute Gasteiger partial charge is 0.496 e. The summed E-state index contributed by atoms with van der Waals surface area (Å²) in [5.74, 6) is -0.723. The van der Waals surface area contributed by atoms with Crippen molar-refractivity contribution in [2.45, 2.75) is 52.1 Å². The first kappa shape index (κ1) is 28.0. The molecule has 1 aromatic carbocycles. The molecule has 0 N–H and O–H groups in total. The third kappa shape index (κ3) is 8.15. The highest BCUT2D eigenvalue weighted by Crippen LogP contribution is 2.41. The average Bonchev–Trinajstić information content (AvgIpc) is 2.73. The monoisotopic (exact) mass is 470 g/mol. The van der Waals surface area contributed by atoms with E-state index in [-0.39, 0.29) is 43.0 Å². The van der Waals surface area contributed by atoms with Gasteiger partial charge >= 0.3 is 5.97 Å². The van der Waals surface area contributed by atoms with Gasteiger partial charge in [0.1, 0.15) is 23.7 Å². The Hall–Kier alpha value is -2.02. The van der Waals surface area contributed by atoms with Crippen molar-refractivity contribution in [1.82, 2.24) is 0 Å². The van der Waals surface area contributed by atoms with Crippen LogP contribution in [-0.2, 0) is 23.9 Å². The Morgan fingerprint density at radius 3 is 2.06 bits per heavy atom. The first-order chi connectivity index (χ1) is 15.0. The maximum absolute atomic E-state index is 13.4. The van der Waals surface area contributed by atoms with E-state index in [0.29, 0.717) is 11.5 Å². The molecule has 0 fully saturated rings. The van der Waals surface area contributed by atoms with E-state index in [1.54, 1.807) is 18.2 Å². The number of hydrogen-bond donors (Lipinski definition) is 0. The molecule has 9 heteroatoms. The molecule has 0 aromatic heterocycles. The van der Waals surface area contributed by atoms with Crippen LogP contribution >= 0.6 is 8.46 Å². The zero-order chi connectivity index (χ0) is 24.4. The molecule has 0 saturated heterocycles. The number of Topliss-reactive ketones (excluding diaryl/α,β-unsaturated/α-hetero) is 1. The molecule has 1 rings (SSSR count). The summed E-state index contributed by atoms with van der Waals surface area (Å²) in [6.07, 6.45) is 0.564. The lowest BCUT2D eigenvalue weighted by atomic mass is 9.80. The lowest BCUT2D eigenvalue weighted by Crippen LogP contribution is -2.39. The molecule has 180 valence electrons. The van der Waals surface area contributed by atoms with E-state index in [1.165, 1.54) is 21.3 Å². The number of ketones is 1. The van der Waals surface area contributed by atoms with Gasteiger partial charge in [-0.15, -0.1) is 0 Å². The number of carbonyl (C=O) groups excluding carboxylic acids is 2. The van der Waals surface area contributed by atoms with Gasteiger partial charge in [-0.05, 0) is 36.3 Å². The van der Waals surface area contributed by atoms with E-state index in [1.807, 2.05) is 6.92 Å². The van der Waals surface area contributed by atoms with Gasteiger partial charge in [-0.25, -0.2) is 4.79 Å². The lowest BCUT2D eigenvalue weighted by molar-refractivity contribution is -0.278. The Morgan fingerprint density at radius 1 is 1.00 bits per heavy atom. The third-order valence-electron chi connectivity index (χ3n) is 4.87. The molecule has 0 bridgehead atoms. The summed E-state index contributed by atoms with van der Waals surface area (Å²) >= 11 is 0. The molecule has 0 aliphatic rings. The minimum Gasteiger partial charge on any atom is -0.496 e. The molecule has 8 nitrogen and oxygen atoms in total. The SMILES string of the molecule is COCCOOC(=O)C(CC(=O)c1c(OC)cccc1OC)(CC(C)CC(C)(C)C)P=O. The molecule has 0 aliphatic carbocycles. The van der Waals surface area contributed by atoms with Crippen molar-refractivity contribution >= 4 is 20.2 Å². The highest BCUT2D eigenvalue weighted by molar-refractivity contribution is 7.28. The van der Waals surface area contributed by atoms with E-state index in [9.17, 15) is 14.2 Å². The minimum absolute atomic E-state index is 0.0138. The van der Waals surface area contributed by atoms with Crippen LogP contribution in [-0.4, -0.2) is 51.5 Å². The molecule has 0 radical (unpaired) electrons. The standard InChI is InChI=1S/C23H35O8P/c1-16(13-22(2,3)4)14-23(32-26,21(25)31-30-12-11-27-5)15-17(24)20-18(28-6)9-8-10-19(20)29-7/h8-10,16H,11-15H2,1-7H3. The van der Waals surface area contributed by atoms with Gasteiger partial charge in [0, 0.05) is 13.5 Å². The summed E-state index contributed by atoms with van der Waals surface area (Å²) in [6, 6.07) is 4.94. The van der Waals surface area contributed by atoms with Crippen molar-refractivity contribution < 1.29 is 38.1 Å². The smallest absolute Gasteiger partial charge is 0.360 e. The van der Waals surface area contributed by atoms with Crippen LogP contribution in [0.4, 0.5) is 0 Å². The molecular weight excluding hydrogens is 435 g/mol. The highest BCUT2D eigenvalue weighted by atomic mass is 31.1. The van der Waals surface area contributed by atoms with Gasteiger partial charge in [-0.1, -0.05) is 33.8 Å².